The topological polar surface area (TPSA) is 41.5 Å². The molecule has 0 heterocycles. The molecule has 2 aromatic rings. The van der Waals surface area contributed by atoms with E-state index >= 15 is 0 Å². The first-order valence-electron chi connectivity index (χ1n) is 6.92. The van der Waals surface area contributed by atoms with Gasteiger partial charge in [0.15, 0.2) is 0 Å². The third kappa shape index (κ3) is 3.34. The molecule has 112 valence electrons. The first kappa shape index (κ1) is 15.3. The van der Waals surface area contributed by atoms with Crippen molar-refractivity contribution in [2.75, 3.05) is 19.0 Å². The van der Waals surface area contributed by atoms with Gasteiger partial charge in [0.05, 0.1) is 19.3 Å². The summed E-state index contributed by atoms with van der Waals surface area (Å²) >= 11 is 0. The van der Waals surface area contributed by atoms with E-state index in [0.717, 1.165) is 17.0 Å². The van der Waals surface area contributed by atoms with Crippen molar-refractivity contribution in [2.45, 2.75) is 18.9 Å². The number of nitrogens with one attached hydrogen (secondary N) is 1. The first-order valence-corrected chi connectivity index (χ1v) is 6.92. The van der Waals surface area contributed by atoms with Gasteiger partial charge >= 0.3 is 0 Å². The molecule has 0 fully saturated rings. The Morgan fingerprint density at radius 2 is 1.95 bits per heavy atom. The molecule has 2 N–H and O–H groups in total. The van der Waals surface area contributed by atoms with E-state index in [-0.39, 0.29) is 12.4 Å². The maximum atomic E-state index is 13.5. The molecule has 0 aliphatic heterocycles. The van der Waals surface area contributed by atoms with E-state index in [1.165, 1.54) is 12.1 Å². The number of aliphatic hydroxyl groups excluding tert-OH is 1. The number of rotatable bonds is 6. The van der Waals surface area contributed by atoms with Gasteiger partial charge in [-0.1, -0.05) is 25.1 Å². The zero-order valence-electron chi connectivity index (χ0n) is 12.3. The molecular formula is C17H20FNO2. The lowest BCUT2D eigenvalue weighted by Crippen LogP contribution is -2.38. The highest BCUT2D eigenvalue weighted by atomic mass is 19.1. The minimum absolute atomic E-state index is 0.135. The van der Waals surface area contributed by atoms with Gasteiger partial charge in [0.1, 0.15) is 11.6 Å². The number of aliphatic hydroxyl groups is 1. The summed E-state index contributed by atoms with van der Waals surface area (Å²) in [5, 5.41) is 13.2. The van der Waals surface area contributed by atoms with Crippen molar-refractivity contribution in [3.8, 4) is 5.75 Å². The highest BCUT2D eigenvalue weighted by molar-refractivity contribution is 5.52. The largest absolute Gasteiger partial charge is 0.497 e. The molecule has 0 aromatic heterocycles. The van der Waals surface area contributed by atoms with Gasteiger partial charge < -0.3 is 15.2 Å². The molecule has 3 nitrogen and oxygen atoms in total. The minimum atomic E-state index is -0.728. The first-order chi connectivity index (χ1) is 10.1. The Labute approximate surface area is 124 Å². The monoisotopic (exact) mass is 289 g/mol. The van der Waals surface area contributed by atoms with Gasteiger partial charge in [-0.3, -0.25) is 0 Å². The van der Waals surface area contributed by atoms with Crippen LogP contribution in [0.1, 0.15) is 18.9 Å². The van der Waals surface area contributed by atoms with Crippen LogP contribution in [0, 0.1) is 5.82 Å². The zero-order valence-corrected chi connectivity index (χ0v) is 12.3. The van der Waals surface area contributed by atoms with Crippen LogP contribution in [-0.2, 0) is 5.54 Å². The average molecular weight is 289 g/mol. The second-order valence-corrected chi connectivity index (χ2v) is 4.96. The Hall–Kier alpha value is -2.07. The molecule has 0 aliphatic rings. The van der Waals surface area contributed by atoms with Crippen molar-refractivity contribution in [1.82, 2.24) is 0 Å². The van der Waals surface area contributed by atoms with Gasteiger partial charge in [0, 0.05) is 11.8 Å². The van der Waals surface area contributed by atoms with Crippen molar-refractivity contribution >= 4 is 5.69 Å². The summed E-state index contributed by atoms with van der Waals surface area (Å²) in [5.74, 6) is 0.411. The number of methoxy groups -OCH3 is 1. The zero-order chi connectivity index (χ0) is 15.3. The van der Waals surface area contributed by atoms with E-state index in [2.05, 4.69) is 5.32 Å². The van der Waals surface area contributed by atoms with Gasteiger partial charge in [0.25, 0.3) is 0 Å². The Morgan fingerprint density at radius 3 is 2.57 bits per heavy atom. The van der Waals surface area contributed by atoms with Crippen LogP contribution in [0.4, 0.5) is 10.1 Å². The van der Waals surface area contributed by atoms with Crippen LogP contribution < -0.4 is 10.1 Å². The smallest absolute Gasteiger partial charge is 0.123 e. The van der Waals surface area contributed by atoms with Crippen molar-refractivity contribution in [3.63, 3.8) is 0 Å². The molecule has 0 amide bonds. The van der Waals surface area contributed by atoms with Crippen molar-refractivity contribution in [2.24, 2.45) is 0 Å². The Kier molecular flexibility index (Phi) is 4.81. The van der Waals surface area contributed by atoms with Crippen LogP contribution in [0.2, 0.25) is 0 Å². The molecule has 0 aliphatic carbocycles. The summed E-state index contributed by atoms with van der Waals surface area (Å²) in [4.78, 5) is 0. The van der Waals surface area contributed by atoms with E-state index in [4.69, 9.17) is 4.74 Å². The maximum Gasteiger partial charge on any atom is 0.123 e. The maximum absolute atomic E-state index is 13.5. The van der Waals surface area contributed by atoms with Crippen molar-refractivity contribution < 1.29 is 14.2 Å². The SMILES string of the molecule is CCC(CO)(Nc1cccc(OC)c1)c1cccc(F)c1. The molecular weight excluding hydrogens is 269 g/mol. The van der Waals surface area contributed by atoms with Gasteiger partial charge in [-0.15, -0.1) is 0 Å². The Morgan fingerprint density at radius 1 is 1.19 bits per heavy atom. The molecule has 0 bridgehead atoms. The van der Waals surface area contributed by atoms with Crippen LogP contribution in [0.3, 0.4) is 0 Å². The minimum Gasteiger partial charge on any atom is -0.497 e. The summed E-state index contributed by atoms with van der Waals surface area (Å²) in [6.07, 6.45) is 0.615. The van der Waals surface area contributed by atoms with Crippen LogP contribution in [0.5, 0.6) is 5.75 Å². The summed E-state index contributed by atoms with van der Waals surface area (Å²) in [7, 11) is 1.60. The van der Waals surface area contributed by atoms with E-state index in [9.17, 15) is 9.50 Å². The Balaban J connectivity index is 2.38. The number of hydrogen-bond donors (Lipinski definition) is 2. The lowest BCUT2D eigenvalue weighted by molar-refractivity contribution is 0.207. The van der Waals surface area contributed by atoms with Crippen LogP contribution >= 0.6 is 0 Å². The van der Waals surface area contributed by atoms with Gasteiger partial charge in [-0.2, -0.15) is 0 Å². The molecule has 0 spiro atoms. The fourth-order valence-corrected chi connectivity index (χ4v) is 2.37. The highest BCUT2D eigenvalue weighted by Gasteiger charge is 2.30. The number of anilines is 1. The average Bonchev–Trinajstić information content (AvgIpc) is 2.53. The number of hydrogen-bond acceptors (Lipinski definition) is 3. The molecule has 21 heavy (non-hydrogen) atoms. The van der Waals surface area contributed by atoms with Gasteiger partial charge in [0.2, 0.25) is 0 Å². The molecule has 1 atom stereocenters. The van der Waals surface area contributed by atoms with E-state index in [1.54, 1.807) is 13.2 Å². The molecule has 4 heteroatoms. The summed E-state index contributed by atoms with van der Waals surface area (Å²) in [5.41, 5.74) is 0.805. The number of ether oxygens (including phenoxy) is 1. The standard InChI is InChI=1S/C17H20FNO2/c1-3-17(12-20,13-6-4-7-14(18)10-13)19-15-8-5-9-16(11-15)21-2/h4-11,19-20H,3,12H2,1-2H3. The third-order valence-electron chi connectivity index (χ3n) is 3.70. The number of benzene rings is 2. The molecule has 0 radical (unpaired) electrons. The predicted octanol–water partition coefficient (Wildman–Crippen LogP) is 3.54. The van der Waals surface area contributed by atoms with Crippen LogP contribution in [-0.4, -0.2) is 18.8 Å². The molecule has 0 saturated carbocycles. The van der Waals surface area contributed by atoms with Gasteiger partial charge in [-0.25, -0.2) is 4.39 Å². The second-order valence-electron chi connectivity index (χ2n) is 4.96. The molecule has 2 rings (SSSR count). The van der Waals surface area contributed by atoms with Crippen molar-refractivity contribution in [3.05, 3.63) is 59.9 Å². The van der Waals surface area contributed by atoms with Gasteiger partial charge in [-0.05, 0) is 36.2 Å². The quantitative estimate of drug-likeness (QED) is 0.854. The van der Waals surface area contributed by atoms with E-state index in [0.29, 0.717) is 6.42 Å². The van der Waals surface area contributed by atoms with E-state index < -0.39 is 5.54 Å². The lowest BCUT2D eigenvalue weighted by Gasteiger charge is -2.34. The fourth-order valence-electron chi connectivity index (χ4n) is 2.37. The van der Waals surface area contributed by atoms with Crippen LogP contribution in [0.15, 0.2) is 48.5 Å². The summed E-state index contributed by atoms with van der Waals surface area (Å²) in [6.45, 7) is 1.82. The molecule has 2 aromatic carbocycles. The van der Waals surface area contributed by atoms with E-state index in [1.807, 2.05) is 37.3 Å². The predicted molar refractivity (Wildman–Crippen MR) is 82.1 cm³/mol. The molecule has 0 saturated heterocycles. The van der Waals surface area contributed by atoms with Crippen LogP contribution in [0.25, 0.3) is 0 Å². The highest BCUT2D eigenvalue weighted by Crippen LogP contribution is 2.31. The third-order valence-corrected chi connectivity index (χ3v) is 3.70. The molecule has 1 unspecified atom stereocenters. The summed E-state index contributed by atoms with van der Waals surface area (Å²) in [6, 6.07) is 13.8. The lowest BCUT2D eigenvalue weighted by atomic mass is 9.87. The Bertz CT molecular complexity index is 597. The van der Waals surface area contributed by atoms with Crippen molar-refractivity contribution in [1.29, 1.82) is 0 Å². The number of halogens is 1. The fraction of sp³-hybridized carbons (Fsp3) is 0.294. The second kappa shape index (κ2) is 6.59. The summed E-state index contributed by atoms with van der Waals surface area (Å²) < 4.78 is 18.7. The normalized spacial score (nSPS) is 13.5.